The summed E-state index contributed by atoms with van der Waals surface area (Å²) in [7, 11) is 0. The first-order valence-electron chi connectivity index (χ1n) is 9.53. The standard InChI is InChI=1S/C18H32N4O6/c1-9(2)8-12(19)15(24)21-14(11(4)23)17(26)22-7-5-6-13(22)16(25)20-10(3)18(27)28/h9-14,23H,5-8,19H2,1-4H3,(H,20,25)(H,21,24)(H,27,28). The molecule has 0 spiro atoms. The first-order chi connectivity index (χ1) is 13.0. The van der Waals surface area contributed by atoms with Crippen LogP contribution < -0.4 is 16.4 Å². The molecule has 10 heteroatoms. The van der Waals surface area contributed by atoms with Crippen molar-refractivity contribution in [3.8, 4) is 0 Å². The molecule has 0 aliphatic carbocycles. The van der Waals surface area contributed by atoms with Crippen molar-refractivity contribution in [3.05, 3.63) is 0 Å². The van der Waals surface area contributed by atoms with Crippen LogP contribution in [0.1, 0.15) is 47.0 Å². The predicted molar refractivity (Wildman–Crippen MR) is 101 cm³/mol. The third-order valence-electron chi connectivity index (χ3n) is 4.68. The van der Waals surface area contributed by atoms with E-state index in [4.69, 9.17) is 10.8 Å². The first-order valence-corrected chi connectivity index (χ1v) is 9.53. The van der Waals surface area contributed by atoms with Crippen LogP contribution in [0.25, 0.3) is 0 Å². The normalized spacial score (nSPS) is 21.0. The van der Waals surface area contributed by atoms with Crippen molar-refractivity contribution in [3.63, 3.8) is 0 Å². The van der Waals surface area contributed by atoms with E-state index in [2.05, 4.69) is 10.6 Å². The number of amides is 3. The number of likely N-dealkylation sites (tertiary alicyclic amines) is 1. The van der Waals surface area contributed by atoms with E-state index in [0.29, 0.717) is 19.3 Å². The van der Waals surface area contributed by atoms with Crippen LogP contribution in [0.2, 0.25) is 0 Å². The molecule has 5 unspecified atom stereocenters. The zero-order valence-corrected chi connectivity index (χ0v) is 16.8. The number of nitrogens with one attached hydrogen (secondary N) is 2. The molecule has 1 rings (SSSR count). The summed E-state index contributed by atoms with van der Waals surface area (Å²) in [6.45, 7) is 6.80. The van der Waals surface area contributed by atoms with E-state index in [1.54, 1.807) is 0 Å². The van der Waals surface area contributed by atoms with Crippen molar-refractivity contribution in [2.24, 2.45) is 11.7 Å². The second kappa shape index (κ2) is 10.4. The third kappa shape index (κ3) is 6.45. The lowest BCUT2D eigenvalue weighted by atomic mass is 10.0. The van der Waals surface area contributed by atoms with Crippen LogP contribution in [0.3, 0.4) is 0 Å². The molecule has 1 aliphatic rings. The summed E-state index contributed by atoms with van der Waals surface area (Å²) in [5.74, 6) is -2.72. The Labute approximate surface area is 164 Å². The second-order valence-electron chi connectivity index (χ2n) is 7.72. The Morgan fingerprint density at radius 2 is 1.75 bits per heavy atom. The Morgan fingerprint density at radius 3 is 2.25 bits per heavy atom. The number of carboxylic acid groups (broad SMARTS) is 1. The zero-order valence-electron chi connectivity index (χ0n) is 16.8. The van der Waals surface area contributed by atoms with Crippen molar-refractivity contribution in [2.75, 3.05) is 6.54 Å². The van der Waals surface area contributed by atoms with Gasteiger partial charge in [-0.3, -0.25) is 19.2 Å². The quantitative estimate of drug-likeness (QED) is 0.325. The SMILES string of the molecule is CC(C)CC(N)C(=O)NC(C(=O)N1CCCC1C(=O)NC(C)C(=O)O)C(C)O. The molecule has 28 heavy (non-hydrogen) atoms. The maximum absolute atomic E-state index is 12.9. The minimum Gasteiger partial charge on any atom is -0.480 e. The number of carboxylic acids is 1. The summed E-state index contributed by atoms with van der Waals surface area (Å²) >= 11 is 0. The molecule has 1 fully saturated rings. The molecule has 0 aromatic heterocycles. The summed E-state index contributed by atoms with van der Waals surface area (Å²) < 4.78 is 0. The molecule has 1 saturated heterocycles. The van der Waals surface area contributed by atoms with Gasteiger partial charge in [0.1, 0.15) is 18.1 Å². The van der Waals surface area contributed by atoms with Gasteiger partial charge >= 0.3 is 5.97 Å². The predicted octanol–water partition coefficient (Wildman–Crippen LogP) is -1.19. The summed E-state index contributed by atoms with van der Waals surface area (Å²) in [6, 6.07) is -4.00. The molecule has 0 aromatic rings. The van der Waals surface area contributed by atoms with E-state index in [1.807, 2.05) is 13.8 Å². The Bertz CT molecular complexity index is 595. The van der Waals surface area contributed by atoms with Gasteiger partial charge in [0.15, 0.2) is 0 Å². The fourth-order valence-electron chi connectivity index (χ4n) is 3.12. The van der Waals surface area contributed by atoms with Crippen LogP contribution in [-0.4, -0.2) is 75.6 Å². The van der Waals surface area contributed by atoms with Crippen molar-refractivity contribution >= 4 is 23.7 Å². The van der Waals surface area contributed by atoms with Crippen LogP contribution in [0, 0.1) is 5.92 Å². The number of rotatable bonds is 9. The lowest BCUT2D eigenvalue weighted by Gasteiger charge is -2.31. The molecule has 10 nitrogen and oxygen atoms in total. The van der Waals surface area contributed by atoms with E-state index in [1.165, 1.54) is 18.7 Å². The largest absolute Gasteiger partial charge is 0.480 e. The van der Waals surface area contributed by atoms with Gasteiger partial charge in [-0.05, 0) is 39.0 Å². The summed E-state index contributed by atoms with van der Waals surface area (Å²) in [4.78, 5) is 49.8. The van der Waals surface area contributed by atoms with Crippen molar-refractivity contribution in [1.29, 1.82) is 0 Å². The highest BCUT2D eigenvalue weighted by Gasteiger charge is 2.40. The topological polar surface area (TPSA) is 162 Å². The van der Waals surface area contributed by atoms with E-state index >= 15 is 0 Å². The van der Waals surface area contributed by atoms with Gasteiger partial charge in [0, 0.05) is 6.54 Å². The van der Waals surface area contributed by atoms with Crippen LogP contribution in [0.5, 0.6) is 0 Å². The average molecular weight is 400 g/mol. The Morgan fingerprint density at radius 1 is 1.14 bits per heavy atom. The van der Waals surface area contributed by atoms with Gasteiger partial charge in [-0.2, -0.15) is 0 Å². The molecular weight excluding hydrogens is 368 g/mol. The second-order valence-corrected chi connectivity index (χ2v) is 7.72. The molecule has 160 valence electrons. The third-order valence-corrected chi connectivity index (χ3v) is 4.68. The number of nitrogens with zero attached hydrogens (tertiary/aromatic N) is 1. The molecule has 0 radical (unpaired) electrons. The maximum Gasteiger partial charge on any atom is 0.325 e. The number of carbonyl (C=O) groups is 4. The molecule has 6 N–H and O–H groups in total. The molecule has 0 bridgehead atoms. The highest BCUT2D eigenvalue weighted by atomic mass is 16.4. The first kappa shape index (κ1) is 23.8. The van der Waals surface area contributed by atoms with Gasteiger partial charge in [-0.1, -0.05) is 13.8 Å². The number of aliphatic hydroxyl groups excluding tert-OH is 1. The van der Waals surface area contributed by atoms with Crippen molar-refractivity contribution in [2.45, 2.75) is 77.2 Å². The highest BCUT2D eigenvalue weighted by molar-refractivity contribution is 5.94. The fourth-order valence-corrected chi connectivity index (χ4v) is 3.12. The van der Waals surface area contributed by atoms with E-state index in [9.17, 15) is 24.3 Å². The number of aliphatic hydroxyl groups is 1. The molecular formula is C18H32N4O6. The van der Waals surface area contributed by atoms with Gasteiger partial charge in [-0.15, -0.1) is 0 Å². The highest BCUT2D eigenvalue weighted by Crippen LogP contribution is 2.19. The molecule has 1 heterocycles. The lowest BCUT2D eigenvalue weighted by molar-refractivity contribution is -0.145. The molecule has 3 amide bonds. The smallest absolute Gasteiger partial charge is 0.325 e. The van der Waals surface area contributed by atoms with Crippen molar-refractivity contribution in [1.82, 2.24) is 15.5 Å². The Hall–Kier alpha value is -2.20. The van der Waals surface area contributed by atoms with Crippen molar-refractivity contribution < 1.29 is 29.4 Å². The molecule has 0 saturated carbocycles. The Balaban J connectivity index is 2.86. The summed E-state index contributed by atoms with van der Waals surface area (Å²) in [6.07, 6.45) is 0.162. The number of nitrogens with two attached hydrogens (primary N) is 1. The number of carbonyl (C=O) groups excluding carboxylic acids is 3. The average Bonchev–Trinajstić information content (AvgIpc) is 3.07. The minimum absolute atomic E-state index is 0.185. The van der Waals surface area contributed by atoms with Gasteiger partial charge < -0.3 is 31.5 Å². The van der Waals surface area contributed by atoms with Gasteiger partial charge in [0.25, 0.3) is 0 Å². The van der Waals surface area contributed by atoms with E-state index in [0.717, 1.165) is 0 Å². The van der Waals surface area contributed by atoms with Crippen LogP contribution >= 0.6 is 0 Å². The van der Waals surface area contributed by atoms with Crippen LogP contribution in [-0.2, 0) is 19.2 Å². The minimum atomic E-state index is -1.24. The van der Waals surface area contributed by atoms with E-state index in [-0.39, 0.29) is 12.5 Å². The van der Waals surface area contributed by atoms with E-state index < -0.39 is 54.0 Å². The van der Waals surface area contributed by atoms with Gasteiger partial charge in [-0.25, -0.2) is 0 Å². The zero-order chi connectivity index (χ0) is 21.6. The van der Waals surface area contributed by atoms with Crippen LogP contribution in [0.4, 0.5) is 0 Å². The fraction of sp³-hybridized carbons (Fsp3) is 0.778. The monoisotopic (exact) mass is 400 g/mol. The van der Waals surface area contributed by atoms with Gasteiger partial charge in [0.05, 0.1) is 12.1 Å². The number of hydrogen-bond donors (Lipinski definition) is 5. The number of aliphatic carboxylic acids is 1. The summed E-state index contributed by atoms with van der Waals surface area (Å²) in [5, 5.41) is 23.8. The summed E-state index contributed by atoms with van der Waals surface area (Å²) in [5.41, 5.74) is 5.84. The molecule has 5 atom stereocenters. The molecule has 1 aliphatic heterocycles. The Kier molecular flexibility index (Phi) is 8.83. The van der Waals surface area contributed by atoms with Crippen LogP contribution in [0.15, 0.2) is 0 Å². The molecule has 0 aromatic carbocycles. The lowest BCUT2D eigenvalue weighted by Crippen LogP contribution is -2.59. The maximum atomic E-state index is 12.9. The number of hydrogen-bond acceptors (Lipinski definition) is 6. The van der Waals surface area contributed by atoms with Gasteiger partial charge in [0.2, 0.25) is 17.7 Å².